The molecule has 0 aliphatic carbocycles. The van der Waals surface area contributed by atoms with Crippen molar-refractivity contribution in [2.45, 2.75) is 12.5 Å². The SMILES string of the molecule is OCCN1CCN(CCC(O)c2cccc(Br)c2)CC1. The van der Waals surface area contributed by atoms with Crippen LogP contribution in [0.15, 0.2) is 28.7 Å². The van der Waals surface area contributed by atoms with Crippen LogP contribution in [0.3, 0.4) is 0 Å². The van der Waals surface area contributed by atoms with Crippen LogP contribution in [0.25, 0.3) is 0 Å². The Labute approximate surface area is 129 Å². The lowest BCUT2D eigenvalue weighted by atomic mass is 10.1. The summed E-state index contributed by atoms with van der Waals surface area (Å²) in [7, 11) is 0. The number of hydrogen-bond donors (Lipinski definition) is 2. The monoisotopic (exact) mass is 342 g/mol. The molecule has 1 aromatic carbocycles. The van der Waals surface area contributed by atoms with Crippen LogP contribution >= 0.6 is 15.9 Å². The molecule has 0 radical (unpaired) electrons. The summed E-state index contributed by atoms with van der Waals surface area (Å²) >= 11 is 3.43. The van der Waals surface area contributed by atoms with Crippen molar-refractivity contribution in [1.29, 1.82) is 0 Å². The van der Waals surface area contributed by atoms with Crippen LogP contribution in [0.1, 0.15) is 18.1 Å². The van der Waals surface area contributed by atoms with Gasteiger partial charge in [0.25, 0.3) is 0 Å². The minimum Gasteiger partial charge on any atom is -0.395 e. The molecular formula is C15H23BrN2O2. The van der Waals surface area contributed by atoms with Crippen LogP contribution in [0.2, 0.25) is 0 Å². The van der Waals surface area contributed by atoms with Gasteiger partial charge in [0.15, 0.2) is 0 Å². The van der Waals surface area contributed by atoms with Crippen molar-refractivity contribution in [2.24, 2.45) is 0 Å². The minimum atomic E-state index is -0.400. The van der Waals surface area contributed by atoms with Crippen molar-refractivity contribution >= 4 is 15.9 Å². The largest absolute Gasteiger partial charge is 0.395 e. The Bertz CT molecular complexity index is 409. The Morgan fingerprint density at radius 1 is 1.10 bits per heavy atom. The van der Waals surface area contributed by atoms with Gasteiger partial charge in [-0.3, -0.25) is 4.90 Å². The van der Waals surface area contributed by atoms with Crippen molar-refractivity contribution in [3.8, 4) is 0 Å². The average Bonchev–Trinajstić information content (AvgIpc) is 2.46. The lowest BCUT2D eigenvalue weighted by Gasteiger charge is -2.34. The fourth-order valence-electron chi connectivity index (χ4n) is 2.56. The summed E-state index contributed by atoms with van der Waals surface area (Å²) in [5.41, 5.74) is 0.971. The molecule has 5 heteroatoms. The summed E-state index contributed by atoms with van der Waals surface area (Å²) in [5.74, 6) is 0. The van der Waals surface area contributed by atoms with Gasteiger partial charge in [-0.1, -0.05) is 28.1 Å². The Kier molecular flexibility index (Phi) is 6.45. The number of nitrogens with zero attached hydrogens (tertiary/aromatic N) is 2. The van der Waals surface area contributed by atoms with E-state index in [2.05, 4.69) is 25.7 Å². The van der Waals surface area contributed by atoms with E-state index in [1.807, 2.05) is 24.3 Å². The van der Waals surface area contributed by atoms with E-state index in [0.29, 0.717) is 0 Å². The lowest BCUT2D eigenvalue weighted by molar-refractivity contribution is 0.0923. The molecule has 1 aliphatic heterocycles. The third-order valence-corrected chi connectivity index (χ3v) is 4.33. The van der Waals surface area contributed by atoms with Gasteiger partial charge in [0.1, 0.15) is 0 Å². The number of aliphatic hydroxyl groups excluding tert-OH is 2. The molecule has 0 amide bonds. The van der Waals surface area contributed by atoms with Crippen LogP contribution in [-0.2, 0) is 0 Å². The van der Waals surface area contributed by atoms with Gasteiger partial charge in [0.2, 0.25) is 0 Å². The predicted octanol–water partition coefficient (Wildman–Crippen LogP) is 1.48. The number of halogens is 1. The zero-order valence-corrected chi connectivity index (χ0v) is 13.3. The van der Waals surface area contributed by atoms with Crippen molar-refractivity contribution in [2.75, 3.05) is 45.9 Å². The van der Waals surface area contributed by atoms with E-state index < -0.39 is 6.10 Å². The molecule has 1 aliphatic rings. The molecule has 0 bridgehead atoms. The Morgan fingerprint density at radius 2 is 1.75 bits per heavy atom. The first-order chi connectivity index (χ1) is 9.69. The molecule has 0 saturated carbocycles. The van der Waals surface area contributed by atoms with E-state index in [1.54, 1.807) is 0 Å². The second-order valence-corrected chi connectivity index (χ2v) is 6.18. The topological polar surface area (TPSA) is 46.9 Å². The standard InChI is InChI=1S/C15H23BrN2O2/c16-14-3-1-2-13(12-14)15(20)4-5-17-6-8-18(9-7-17)10-11-19/h1-3,12,15,19-20H,4-11H2. The normalized spacial score (nSPS) is 19.1. The van der Waals surface area contributed by atoms with Crippen molar-refractivity contribution < 1.29 is 10.2 Å². The predicted molar refractivity (Wildman–Crippen MR) is 83.7 cm³/mol. The van der Waals surface area contributed by atoms with E-state index in [0.717, 1.165) is 55.7 Å². The molecule has 20 heavy (non-hydrogen) atoms. The number of hydrogen-bond acceptors (Lipinski definition) is 4. The zero-order chi connectivity index (χ0) is 14.4. The summed E-state index contributed by atoms with van der Waals surface area (Å²) < 4.78 is 1.01. The van der Waals surface area contributed by atoms with Crippen molar-refractivity contribution in [3.05, 3.63) is 34.3 Å². The van der Waals surface area contributed by atoms with Gasteiger partial charge in [-0.25, -0.2) is 0 Å². The molecule has 4 nitrogen and oxygen atoms in total. The fraction of sp³-hybridized carbons (Fsp3) is 0.600. The van der Waals surface area contributed by atoms with Gasteiger partial charge in [0, 0.05) is 43.7 Å². The highest BCUT2D eigenvalue weighted by Crippen LogP contribution is 2.21. The maximum atomic E-state index is 10.2. The number of rotatable bonds is 6. The summed E-state index contributed by atoms with van der Waals surface area (Å²) in [6, 6.07) is 7.87. The maximum absolute atomic E-state index is 10.2. The Balaban J connectivity index is 1.73. The molecule has 1 saturated heterocycles. The van der Waals surface area contributed by atoms with E-state index in [1.165, 1.54) is 0 Å². The molecule has 1 heterocycles. The van der Waals surface area contributed by atoms with E-state index >= 15 is 0 Å². The van der Waals surface area contributed by atoms with E-state index in [9.17, 15) is 5.11 Å². The second kappa shape index (κ2) is 8.10. The molecular weight excluding hydrogens is 320 g/mol. The first-order valence-electron chi connectivity index (χ1n) is 7.18. The lowest BCUT2D eigenvalue weighted by Crippen LogP contribution is -2.47. The molecule has 1 unspecified atom stereocenters. The van der Waals surface area contributed by atoms with Gasteiger partial charge in [0.05, 0.1) is 12.7 Å². The summed E-state index contributed by atoms with van der Waals surface area (Å²) in [6.07, 6.45) is 0.360. The van der Waals surface area contributed by atoms with E-state index in [-0.39, 0.29) is 6.61 Å². The number of benzene rings is 1. The van der Waals surface area contributed by atoms with Gasteiger partial charge >= 0.3 is 0 Å². The third-order valence-electron chi connectivity index (χ3n) is 3.83. The van der Waals surface area contributed by atoms with Crippen molar-refractivity contribution in [3.63, 3.8) is 0 Å². The summed E-state index contributed by atoms with van der Waals surface area (Å²) in [5, 5.41) is 19.1. The molecule has 0 spiro atoms. The van der Waals surface area contributed by atoms with Crippen LogP contribution in [0.4, 0.5) is 0 Å². The minimum absolute atomic E-state index is 0.238. The van der Waals surface area contributed by atoms with E-state index in [4.69, 9.17) is 5.11 Å². The average molecular weight is 343 g/mol. The smallest absolute Gasteiger partial charge is 0.0802 e. The molecule has 2 N–H and O–H groups in total. The van der Waals surface area contributed by atoms with Crippen LogP contribution in [0, 0.1) is 0 Å². The number of β-amino-alcohol motifs (C(OH)–C–C–N with tert-alkyl or cyclic N) is 1. The van der Waals surface area contributed by atoms with Crippen LogP contribution in [-0.4, -0.2) is 65.9 Å². The first-order valence-corrected chi connectivity index (χ1v) is 7.97. The second-order valence-electron chi connectivity index (χ2n) is 5.27. The quantitative estimate of drug-likeness (QED) is 0.822. The molecule has 112 valence electrons. The molecule has 1 fully saturated rings. The molecule has 1 atom stereocenters. The molecule has 0 aromatic heterocycles. The highest BCUT2D eigenvalue weighted by molar-refractivity contribution is 9.10. The Hall–Kier alpha value is -0.460. The van der Waals surface area contributed by atoms with Gasteiger partial charge < -0.3 is 15.1 Å². The van der Waals surface area contributed by atoms with Crippen LogP contribution < -0.4 is 0 Å². The van der Waals surface area contributed by atoms with Gasteiger partial charge in [-0.2, -0.15) is 0 Å². The first kappa shape index (κ1) is 15.9. The fourth-order valence-corrected chi connectivity index (χ4v) is 2.98. The third kappa shape index (κ3) is 4.82. The van der Waals surface area contributed by atoms with Gasteiger partial charge in [-0.15, -0.1) is 0 Å². The molecule has 2 rings (SSSR count). The van der Waals surface area contributed by atoms with Crippen LogP contribution in [0.5, 0.6) is 0 Å². The maximum Gasteiger partial charge on any atom is 0.0802 e. The highest BCUT2D eigenvalue weighted by Gasteiger charge is 2.17. The summed E-state index contributed by atoms with van der Waals surface area (Å²) in [4.78, 5) is 4.66. The summed E-state index contributed by atoms with van der Waals surface area (Å²) in [6.45, 7) is 5.98. The Morgan fingerprint density at radius 3 is 2.35 bits per heavy atom. The number of piperazine rings is 1. The highest BCUT2D eigenvalue weighted by atomic mass is 79.9. The molecule has 1 aromatic rings. The number of aliphatic hydroxyl groups is 2. The van der Waals surface area contributed by atoms with Crippen molar-refractivity contribution in [1.82, 2.24) is 9.80 Å². The zero-order valence-electron chi connectivity index (χ0n) is 11.7. The van der Waals surface area contributed by atoms with Gasteiger partial charge in [-0.05, 0) is 24.1 Å².